The van der Waals surface area contributed by atoms with E-state index >= 15 is 0 Å². The fraction of sp³-hybridized carbons (Fsp3) is 0.385. The Morgan fingerprint density at radius 2 is 2.26 bits per heavy atom. The van der Waals surface area contributed by atoms with E-state index in [1.165, 1.54) is 11.1 Å². The first-order chi connectivity index (χ1) is 9.15. The number of nitrogens with zero attached hydrogens (tertiary/aromatic N) is 4. The van der Waals surface area contributed by atoms with Crippen molar-refractivity contribution >= 4 is 5.97 Å². The molecule has 0 atom stereocenters. The van der Waals surface area contributed by atoms with Gasteiger partial charge in [0.25, 0.3) is 0 Å². The van der Waals surface area contributed by atoms with Gasteiger partial charge in [-0.15, -0.1) is 0 Å². The maximum atomic E-state index is 11.0. The van der Waals surface area contributed by atoms with E-state index in [9.17, 15) is 4.79 Å². The van der Waals surface area contributed by atoms with Gasteiger partial charge in [0.1, 0.15) is 5.82 Å². The number of carbonyl (C=O) groups is 1. The van der Waals surface area contributed by atoms with Crippen molar-refractivity contribution in [1.82, 2.24) is 19.7 Å². The summed E-state index contributed by atoms with van der Waals surface area (Å²) in [4.78, 5) is 19.7. The average Bonchev–Trinajstić information content (AvgIpc) is 2.70. The first kappa shape index (κ1) is 11.8. The lowest BCUT2D eigenvalue weighted by atomic mass is 9.85. The first-order valence-corrected chi connectivity index (χ1v) is 6.28. The molecule has 2 heterocycles. The summed E-state index contributed by atoms with van der Waals surface area (Å²) in [5.74, 6) is 0.862. The number of carboxylic acid groups (broad SMARTS) is 1. The van der Waals surface area contributed by atoms with Crippen molar-refractivity contribution in [3.63, 3.8) is 0 Å². The normalized spacial score (nSPS) is 15.2. The molecule has 0 unspecified atom stereocenters. The zero-order chi connectivity index (χ0) is 13.4. The van der Waals surface area contributed by atoms with E-state index in [-0.39, 0.29) is 5.69 Å². The van der Waals surface area contributed by atoms with Crippen molar-refractivity contribution in [3.05, 3.63) is 35.5 Å². The number of carboxylic acids is 1. The Labute approximate surface area is 110 Å². The third-order valence-corrected chi connectivity index (χ3v) is 3.46. The molecule has 6 nitrogen and oxygen atoms in total. The second-order valence-corrected chi connectivity index (χ2v) is 4.81. The quantitative estimate of drug-likeness (QED) is 0.909. The molecule has 0 bridgehead atoms. The highest BCUT2D eigenvalue weighted by Gasteiger charge is 2.22. The minimum Gasteiger partial charge on any atom is -0.476 e. The third-order valence-electron chi connectivity index (χ3n) is 3.46. The largest absolute Gasteiger partial charge is 0.476 e. The van der Waals surface area contributed by atoms with E-state index in [1.807, 2.05) is 0 Å². The van der Waals surface area contributed by atoms with Crippen LogP contribution >= 0.6 is 0 Å². The van der Waals surface area contributed by atoms with Gasteiger partial charge in [0.2, 0.25) is 0 Å². The molecule has 1 aliphatic carbocycles. The number of hydrogen-bond acceptors (Lipinski definition) is 4. The SMILES string of the molecule is Cc1cn(-c2ccnc(C3CCC3)n2)nc1C(=O)O. The summed E-state index contributed by atoms with van der Waals surface area (Å²) in [6, 6.07) is 1.74. The monoisotopic (exact) mass is 258 g/mol. The number of aromatic nitrogens is 4. The van der Waals surface area contributed by atoms with Gasteiger partial charge in [-0.2, -0.15) is 5.10 Å². The number of rotatable bonds is 3. The molecular weight excluding hydrogens is 244 g/mol. The van der Waals surface area contributed by atoms with E-state index < -0.39 is 5.97 Å². The zero-order valence-corrected chi connectivity index (χ0v) is 10.6. The average molecular weight is 258 g/mol. The van der Waals surface area contributed by atoms with Gasteiger partial charge in [-0.25, -0.2) is 19.4 Å². The second-order valence-electron chi connectivity index (χ2n) is 4.81. The van der Waals surface area contributed by atoms with Crippen LogP contribution in [-0.2, 0) is 0 Å². The lowest BCUT2D eigenvalue weighted by molar-refractivity contribution is 0.0689. The molecule has 0 amide bonds. The van der Waals surface area contributed by atoms with Gasteiger partial charge in [-0.05, 0) is 19.8 Å². The van der Waals surface area contributed by atoms with Gasteiger partial charge < -0.3 is 5.11 Å². The number of hydrogen-bond donors (Lipinski definition) is 1. The Morgan fingerprint density at radius 1 is 1.47 bits per heavy atom. The van der Waals surface area contributed by atoms with Gasteiger partial charge >= 0.3 is 5.97 Å². The Kier molecular flexibility index (Phi) is 2.77. The molecule has 1 fully saturated rings. The van der Waals surface area contributed by atoms with Crippen LogP contribution in [0.15, 0.2) is 18.5 Å². The van der Waals surface area contributed by atoms with Gasteiger partial charge in [0, 0.05) is 29.9 Å². The lowest BCUT2D eigenvalue weighted by Crippen LogP contribution is -2.14. The Balaban J connectivity index is 1.97. The summed E-state index contributed by atoms with van der Waals surface area (Å²) >= 11 is 0. The maximum Gasteiger partial charge on any atom is 0.356 e. The highest BCUT2D eigenvalue weighted by molar-refractivity contribution is 5.86. The molecule has 2 aromatic heterocycles. The smallest absolute Gasteiger partial charge is 0.356 e. The summed E-state index contributed by atoms with van der Waals surface area (Å²) in [6.07, 6.45) is 6.86. The fourth-order valence-electron chi connectivity index (χ4n) is 2.14. The molecule has 0 aliphatic heterocycles. The minimum absolute atomic E-state index is 0.0591. The van der Waals surface area contributed by atoms with Gasteiger partial charge in [-0.1, -0.05) is 6.42 Å². The van der Waals surface area contributed by atoms with Crippen LogP contribution < -0.4 is 0 Å². The van der Waals surface area contributed by atoms with Gasteiger partial charge in [-0.3, -0.25) is 0 Å². The van der Waals surface area contributed by atoms with Crippen molar-refractivity contribution in [1.29, 1.82) is 0 Å². The van der Waals surface area contributed by atoms with Crippen LogP contribution in [0.2, 0.25) is 0 Å². The molecule has 2 aromatic rings. The van der Waals surface area contributed by atoms with Crippen molar-refractivity contribution in [2.24, 2.45) is 0 Å². The maximum absolute atomic E-state index is 11.0. The lowest BCUT2D eigenvalue weighted by Gasteiger charge is -2.23. The predicted octanol–water partition coefficient (Wildman–Crippen LogP) is 1.94. The van der Waals surface area contributed by atoms with Crippen molar-refractivity contribution in [2.45, 2.75) is 32.1 Å². The summed E-state index contributed by atoms with van der Waals surface area (Å²) in [5.41, 5.74) is 0.681. The molecule has 1 aliphatic rings. The number of aromatic carboxylic acids is 1. The molecule has 0 spiro atoms. The van der Waals surface area contributed by atoms with E-state index in [0.29, 0.717) is 17.3 Å². The second kappa shape index (κ2) is 4.46. The summed E-state index contributed by atoms with van der Waals surface area (Å²) in [6.45, 7) is 1.72. The van der Waals surface area contributed by atoms with Gasteiger partial charge in [0.15, 0.2) is 11.5 Å². The molecule has 3 rings (SSSR count). The number of aryl methyl sites for hydroxylation is 1. The molecule has 1 saturated carbocycles. The Hall–Kier alpha value is -2.24. The van der Waals surface area contributed by atoms with Crippen LogP contribution in [0.1, 0.15) is 47.1 Å². The molecule has 0 aromatic carbocycles. The summed E-state index contributed by atoms with van der Waals surface area (Å²) < 4.78 is 1.50. The van der Waals surface area contributed by atoms with E-state index in [2.05, 4.69) is 15.1 Å². The zero-order valence-electron chi connectivity index (χ0n) is 10.6. The summed E-state index contributed by atoms with van der Waals surface area (Å²) in [7, 11) is 0. The van der Waals surface area contributed by atoms with Crippen molar-refractivity contribution in [2.75, 3.05) is 0 Å². The van der Waals surface area contributed by atoms with E-state index in [4.69, 9.17) is 5.11 Å². The van der Waals surface area contributed by atoms with Crippen LogP contribution in [0.25, 0.3) is 5.82 Å². The topological polar surface area (TPSA) is 80.9 Å². The fourth-order valence-corrected chi connectivity index (χ4v) is 2.14. The Bertz CT molecular complexity index is 631. The van der Waals surface area contributed by atoms with Crippen LogP contribution in [0.4, 0.5) is 0 Å². The van der Waals surface area contributed by atoms with Crippen molar-refractivity contribution < 1.29 is 9.90 Å². The Morgan fingerprint density at radius 3 is 2.84 bits per heavy atom. The molecule has 0 radical (unpaired) electrons. The third kappa shape index (κ3) is 2.09. The van der Waals surface area contributed by atoms with Crippen LogP contribution in [-0.4, -0.2) is 30.8 Å². The highest BCUT2D eigenvalue weighted by atomic mass is 16.4. The molecular formula is C13H14N4O2. The summed E-state index contributed by atoms with van der Waals surface area (Å²) in [5, 5.41) is 13.1. The van der Waals surface area contributed by atoms with Crippen LogP contribution in [0, 0.1) is 6.92 Å². The van der Waals surface area contributed by atoms with E-state index in [0.717, 1.165) is 18.7 Å². The van der Waals surface area contributed by atoms with Crippen LogP contribution in [0.5, 0.6) is 0 Å². The van der Waals surface area contributed by atoms with Crippen LogP contribution in [0.3, 0.4) is 0 Å². The van der Waals surface area contributed by atoms with Gasteiger partial charge in [0.05, 0.1) is 0 Å². The molecule has 19 heavy (non-hydrogen) atoms. The standard InChI is InChI=1S/C13H14N4O2/c1-8-7-17(16-11(8)13(18)19)10-5-6-14-12(15-10)9-3-2-4-9/h5-7,9H,2-4H2,1H3,(H,18,19). The molecule has 6 heteroatoms. The minimum atomic E-state index is -1.02. The predicted molar refractivity (Wildman–Crippen MR) is 67.4 cm³/mol. The molecule has 0 saturated heterocycles. The van der Waals surface area contributed by atoms with Crippen molar-refractivity contribution in [3.8, 4) is 5.82 Å². The molecule has 98 valence electrons. The molecule has 1 N–H and O–H groups in total. The first-order valence-electron chi connectivity index (χ1n) is 6.28. The van der Waals surface area contributed by atoms with E-state index in [1.54, 1.807) is 25.4 Å². The highest BCUT2D eigenvalue weighted by Crippen LogP contribution is 2.34.